The van der Waals surface area contributed by atoms with Crippen molar-refractivity contribution in [2.75, 3.05) is 19.8 Å². The van der Waals surface area contributed by atoms with Crippen LogP contribution < -0.4 is 0 Å². The molecule has 0 aromatic heterocycles. The Morgan fingerprint density at radius 1 is 1.57 bits per heavy atom. The van der Waals surface area contributed by atoms with Crippen LogP contribution in [-0.4, -0.2) is 25.8 Å². The first-order valence-corrected chi connectivity index (χ1v) is 4.83. The number of hydrogen-bond donors (Lipinski definition) is 0. The minimum atomic E-state index is -0.875. The zero-order valence-electron chi connectivity index (χ0n) is 8.21. The van der Waals surface area contributed by atoms with Crippen LogP contribution in [0.15, 0.2) is 0 Å². The third-order valence-electron chi connectivity index (χ3n) is 3.05. The van der Waals surface area contributed by atoms with E-state index in [4.69, 9.17) is 14.7 Å². The van der Waals surface area contributed by atoms with Gasteiger partial charge < -0.3 is 9.47 Å². The molecule has 1 saturated heterocycles. The fourth-order valence-electron chi connectivity index (χ4n) is 2.36. The Bertz CT molecular complexity index is 293. The van der Waals surface area contributed by atoms with E-state index in [1.165, 1.54) is 0 Å². The van der Waals surface area contributed by atoms with Crippen LogP contribution in [0.3, 0.4) is 0 Å². The Morgan fingerprint density at radius 2 is 2.21 bits per heavy atom. The van der Waals surface area contributed by atoms with Gasteiger partial charge in [0.2, 0.25) is 0 Å². The van der Waals surface area contributed by atoms with Crippen molar-refractivity contribution in [2.24, 2.45) is 10.8 Å². The Balaban J connectivity index is 2.01. The van der Waals surface area contributed by atoms with Gasteiger partial charge in [0.15, 0.2) is 5.41 Å². The minimum absolute atomic E-state index is 0.114. The fourth-order valence-corrected chi connectivity index (χ4v) is 2.36. The first-order chi connectivity index (χ1) is 6.66. The molecule has 1 aliphatic carbocycles. The molecule has 0 unspecified atom stereocenters. The number of carbonyl (C=O) groups excluding carboxylic acids is 1. The molecule has 1 heterocycles. The van der Waals surface area contributed by atoms with Gasteiger partial charge in [0.05, 0.1) is 25.9 Å². The molecule has 4 nitrogen and oxygen atoms in total. The van der Waals surface area contributed by atoms with E-state index in [1.807, 2.05) is 0 Å². The van der Waals surface area contributed by atoms with Gasteiger partial charge in [-0.15, -0.1) is 0 Å². The highest BCUT2D eigenvalue weighted by Crippen LogP contribution is 2.58. The number of rotatable bonds is 2. The number of esters is 1. The number of ether oxygens (including phenoxy) is 2. The Kier molecular flexibility index (Phi) is 2.00. The quantitative estimate of drug-likeness (QED) is 0.613. The van der Waals surface area contributed by atoms with E-state index in [2.05, 4.69) is 6.07 Å². The molecule has 1 aliphatic heterocycles. The lowest BCUT2D eigenvalue weighted by Gasteiger charge is -2.55. The van der Waals surface area contributed by atoms with Crippen molar-refractivity contribution in [2.45, 2.75) is 19.8 Å². The van der Waals surface area contributed by atoms with Crippen molar-refractivity contribution in [3.05, 3.63) is 0 Å². The molecule has 0 N–H and O–H groups in total. The summed E-state index contributed by atoms with van der Waals surface area (Å²) in [6.07, 6.45) is 1.21. The molecule has 1 spiro atoms. The van der Waals surface area contributed by atoms with Crippen molar-refractivity contribution >= 4 is 5.97 Å². The van der Waals surface area contributed by atoms with Crippen molar-refractivity contribution in [1.29, 1.82) is 5.26 Å². The van der Waals surface area contributed by atoms with E-state index in [-0.39, 0.29) is 11.4 Å². The topological polar surface area (TPSA) is 59.3 Å². The average molecular weight is 195 g/mol. The molecule has 0 radical (unpaired) electrons. The van der Waals surface area contributed by atoms with Crippen LogP contribution in [0, 0.1) is 22.2 Å². The molecule has 0 atom stereocenters. The first-order valence-electron chi connectivity index (χ1n) is 4.83. The average Bonchev–Trinajstić information content (AvgIpc) is 2.01. The third kappa shape index (κ3) is 1.12. The van der Waals surface area contributed by atoms with Crippen LogP contribution in [-0.2, 0) is 14.3 Å². The summed E-state index contributed by atoms with van der Waals surface area (Å²) < 4.78 is 10.00. The molecule has 2 rings (SSSR count). The Hall–Kier alpha value is -1.08. The highest BCUT2D eigenvalue weighted by molar-refractivity contribution is 5.81. The minimum Gasteiger partial charge on any atom is -0.465 e. The van der Waals surface area contributed by atoms with Gasteiger partial charge in [-0.3, -0.25) is 4.79 Å². The van der Waals surface area contributed by atoms with Crippen molar-refractivity contribution in [3.63, 3.8) is 0 Å². The smallest absolute Gasteiger partial charge is 0.326 e. The molecule has 0 bridgehead atoms. The normalized spacial score (nSPS) is 25.7. The maximum absolute atomic E-state index is 11.5. The van der Waals surface area contributed by atoms with Gasteiger partial charge in [0.1, 0.15) is 0 Å². The lowest BCUT2D eigenvalue weighted by Crippen LogP contribution is -2.60. The van der Waals surface area contributed by atoms with Gasteiger partial charge in [-0.1, -0.05) is 0 Å². The van der Waals surface area contributed by atoms with Gasteiger partial charge in [-0.05, 0) is 19.8 Å². The molecule has 1 saturated carbocycles. The highest BCUT2D eigenvalue weighted by Gasteiger charge is 2.63. The van der Waals surface area contributed by atoms with Crippen molar-refractivity contribution in [1.82, 2.24) is 0 Å². The first kappa shape index (κ1) is 9.47. The number of nitriles is 1. The largest absolute Gasteiger partial charge is 0.465 e. The molecule has 76 valence electrons. The Morgan fingerprint density at radius 3 is 2.57 bits per heavy atom. The fraction of sp³-hybridized carbons (Fsp3) is 0.800. The standard InChI is InChI=1S/C10H13NO3/c1-2-14-8(12)10(5-11)3-9(4-10)6-13-7-9/h2-4,6-7H2,1H3. The van der Waals surface area contributed by atoms with Crippen molar-refractivity contribution < 1.29 is 14.3 Å². The molecular formula is C10H13NO3. The zero-order chi connectivity index (χ0) is 10.2. The summed E-state index contributed by atoms with van der Waals surface area (Å²) in [6.45, 7) is 3.47. The SMILES string of the molecule is CCOC(=O)C1(C#N)CC2(COC2)C1. The van der Waals surface area contributed by atoms with E-state index >= 15 is 0 Å². The van der Waals surface area contributed by atoms with E-state index in [9.17, 15) is 4.79 Å². The predicted octanol–water partition coefficient (Wildman–Crippen LogP) is 0.870. The van der Waals surface area contributed by atoms with Crippen molar-refractivity contribution in [3.8, 4) is 6.07 Å². The molecule has 2 fully saturated rings. The summed E-state index contributed by atoms with van der Waals surface area (Å²) in [5.74, 6) is -0.361. The molecule has 2 aliphatic rings. The molecule has 0 aromatic rings. The van der Waals surface area contributed by atoms with Gasteiger partial charge >= 0.3 is 5.97 Å². The number of carbonyl (C=O) groups is 1. The second-order valence-corrected chi connectivity index (χ2v) is 4.26. The lowest BCUT2D eigenvalue weighted by molar-refractivity contribution is -0.210. The summed E-state index contributed by atoms with van der Waals surface area (Å²) in [6, 6.07) is 2.09. The molecular weight excluding hydrogens is 182 g/mol. The van der Waals surface area contributed by atoms with E-state index < -0.39 is 5.41 Å². The second-order valence-electron chi connectivity index (χ2n) is 4.26. The number of nitrogens with zero attached hydrogens (tertiary/aromatic N) is 1. The third-order valence-corrected chi connectivity index (χ3v) is 3.05. The lowest BCUT2D eigenvalue weighted by atomic mass is 9.52. The molecule has 0 amide bonds. The number of hydrogen-bond acceptors (Lipinski definition) is 4. The van der Waals surface area contributed by atoms with E-state index in [0.29, 0.717) is 32.7 Å². The molecule has 4 heteroatoms. The molecule has 0 aromatic carbocycles. The Labute approximate surface area is 82.8 Å². The summed E-state index contributed by atoms with van der Waals surface area (Å²) in [7, 11) is 0. The van der Waals surface area contributed by atoms with E-state index in [1.54, 1.807) is 6.92 Å². The van der Waals surface area contributed by atoms with Crippen LogP contribution >= 0.6 is 0 Å². The summed E-state index contributed by atoms with van der Waals surface area (Å²) in [5, 5.41) is 8.99. The van der Waals surface area contributed by atoms with E-state index in [0.717, 1.165) is 0 Å². The van der Waals surface area contributed by atoms with Crippen LogP contribution in [0.25, 0.3) is 0 Å². The zero-order valence-corrected chi connectivity index (χ0v) is 8.21. The molecule has 14 heavy (non-hydrogen) atoms. The van der Waals surface area contributed by atoms with Crippen LogP contribution in [0.4, 0.5) is 0 Å². The summed E-state index contributed by atoms with van der Waals surface area (Å²) in [4.78, 5) is 11.5. The van der Waals surface area contributed by atoms with Gasteiger partial charge in [0, 0.05) is 5.41 Å². The maximum Gasteiger partial charge on any atom is 0.326 e. The monoisotopic (exact) mass is 195 g/mol. The summed E-state index contributed by atoms with van der Waals surface area (Å²) in [5.41, 5.74) is -0.762. The van der Waals surface area contributed by atoms with Crippen LogP contribution in [0.5, 0.6) is 0 Å². The summed E-state index contributed by atoms with van der Waals surface area (Å²) >= 11 is 0. The van der Waals surface area contributed by atoms with Crippen LogP contribution in [0.2, 0.25) is 0 Å². The van der Waals surface area contributed by atoms with Gasteiger partial charge in [-0.2, -0.15) is 5.26 Å². The highest BCUT2D eigenvalue weighted by atomic mass is 16.5. The van der Waals surface area contributed by atoms with Gasteiger partial charge in [0.25, 0.3) is 0 Å². The van der Waals surface area contributed by atoms with Gasteiger partial charge in [-0.25, -0.2) is 0 Å². The van der Waals surface area contributed by atoms with Crippen LogP contribution in [0.1, 0.15) is 19.8 Å². The maximum atomic E-state index is 11.5. The second kappa shape index (κ2) is 2.96. The predicted molar refractivity (Wildman–Crippen MR) is 47.2 cm³/mol.